The average Bonchev–Trinajstić information content (AvgIpc) is 2.26. The van der Waals surface area contributed by atoms with Gasteiger partial charge in [-0.3, -0.25) is 0 Å². The standard InChI is InChI=1S/C13H17NOS/c1-9(2)13(8-14)16-12-6-5-11(15-4)7-10(12)3/h5-7,9,13H,1-4H3. The highest BCUT2D eigenvalue weighted by atomic mass is 32.2. The van der Waals surface area contributed by atoms with E-state index in [1.54, 1.807) is 18.9 Å². The Balaban J connectivity index is 2.86. The van der Waals surface area contributed by atoms with Gasteiger partial charge in [-0.1, -0.05) is 13.8 Å². The van der Waals surface area contributed by atoms with E-state index in [9.17, 15) is 0 Å². The molecule has 0 aromatic heterocycles. The predicted octanol–water partition coefficient (Wildman–Crippen LogP) is 3.64. The first-order chi connectivity index (χ1) is 7.58. The van der Waals surface area contributed by atoms with E-state index in [0.717, 1.165) is 16.2 Å². The monoisotopic (exact) mass is 235 g/mol. The summed E-state index contributed by atoms with van der Waals surface area (Å²) in [4.78, 5) is 1.15. The van der Waals surface area contributed by atoms with Crippen LogP contribution in [-0.2, 0) is 0 Å². The van der Waals surface area contributed by atoms with Crippen molar-refractivity contribution in [2.45, 2.75) is 30.9 Å². The van der Waals surface area contributed by atoms with Gasteiger partial charge in [-0.15, -0.1) is 11.8 Å². The van der Waals surface area contributed by atoms with Gasteiger partial charge in [0.2, 0.25) is 0 Å². The maximum absolute atomic E-state index is 9.05. The van der Waals surface area contributed by atoms with Crippen molar-refractivity contribution in [2.75, 3.05) is 7.11 Å². The number of benzene rings is 1. The van der Waals surface area contributed by atoms with Gasteiger partial charge in [0.1, 0.15) is 5.75 Å². The first kappa shape index (κ1) is 12.9. The molecule has 0 aliphatic carbocycles. The van der Waals surface area contributed by atoms with Crippen molar-refractivity contribution < 1.29 is 4.74 Å². The van der Waals surface area contributed by atoms with E-state index in [-0.39, 0.29) is 5.25 Å². The summed E-state index contributed by atoms with van der Waals surface area (Å²) in [5, 5.41) is 9.06. The second kappa shape index (κ2) is 5.81. The molecule has 1 aromatic carbocycles. The minimum Gasteiger partial charge on any atom is -0.497 e. The van der Waals surface area contributed by atoms with Crippen LogP contribution < -0.4 is 4.74 Å². The Morgan fingerprint density at radius 3 is 2.50 bits per heavy atom. The lowest BCUT2D eigenvalue weighted by Crippen LogP contribution is -2.08. The second-order valence-corrected chi connectivity index (χ2v) is 5.23. The van der Waals surface area contributed by atoms with Crippen LogP contribution in [0.3, 0.4) is 0 Å². The predicted molar refractivity (Wildman–Crippen MR) is 67.8 cm³/mol. The maximum atomic E-state index is 9.05. The number of thioether (sulfide) groups is 1. The Labute approximate surface area is 102 Å². The van der Waals surface area contributed by atoms with Gasteiger partial charge in [0.15, 0.2) is 0 Å². The number of ether oxygens (including phenoxy) is 1. The first-order valence-corrected chi connectivity index (χ1v) is 6.17. The lowest BCUT2D eigenvalue weighted by molar-refractivity contribution is 0.414. The zero-order chi connectivity index (χ0) is 12.1. The molecule has 1 rings (SSSR count). The molecule has 0 radical (unpaired) electrons. The minimum absolute atomic E-state index is 0.00657. The summed E-state index contributed by atoms with van der Waals surface area (Å²) >= 11 is 1.63. The van der Waals surface area contributed by atoms with E-state index >= 15 is 0 Å². The van der Waals surface area contributed by atoms with Crippen LogP contribution in [0.1, 0.15) is 19.4 Å². The fraction of sp³-hybridized carbons (Fsp3) is 0.462. The molecule has 3 heteroatoms. The third kappa shape index (κ3) is 3.18. The summed E-state index contributed by atoms with van der Waals surface area (Å²) in [7, 11) is 1.66. The molecular formula is C13H17NOS. The Hall–Kier alpha value is -1.14. The molecule has 0 bridgehead atoms. The van der Waals surface area contributed by atoms with Gasteiger partial charge in [0, 0.05) is 4.90 Å². The minimum atomic E-state index is 0.00657. The average molecular weight is 235 g/mol. The summed E-state index contributed by atoms with van der Waals surface area (Å²) in [6, 6.07) is 8.29. The van der Waals surface area contributed by atoms with Crippen molar-refractivity contribution in [3.8, 4) is 11.8 Å². The van der Waals surface area contributed by atoms with E-state index in [1.165, 1.54) is 0 Å². The van der Waals surface area contributed by atoms with Crippen LogP contribution in [0.2, 0.25) is 0 Å². The molecule has 1 atom stereocenters. The Bertz CT molecular complexity index is 395. The number of hydrogen-bond donors (Lipinski definition) is 0. The number of nitrogens with zero attached hydrogens (tertiary/aromatic N) is 1. The topological polar surface area (TPSA) is 33.0 Å². The Morgan fingerprint density at radius 2 is 2.06 bits per heavy atom. The van der Waals surface area contributed by atoms with Crippen LogP contribution >= 0.6 is 11.8 Å². The van der Waals surface area contributed by atoms with Crippen LogP contribution in [0.5, 0.6) is 5.75 Å². The highest BCUT2D eigenvalue weighted by Gasteiger charge is 2.15. The molecule has 2 nitrogen and oxygen atoms in total. The summed E-state index contributed by atoms with van der Waals surface area (Å²) in [6.07, 6.45) is 0. The zero-order valence-electron chi connectivity index (χ0n) is 10.2. The lowest BCUT2D eigenvalue weighted by Gasteiger charge is -2.14. The molecular weight excluding hydrogens is 218 g/mol. The van der Waals surface area contributed by atoms with E-state index in [4.69, 9.17) is 10.00 Å². The fourth-order valence-corrected chi connectivity index (χ4v) is 2.32. The van der Waals surface area contributed by atoms with Crippen LogP contribution in [0.4, 0.5) is 0 Å². The van der Waals surface area contributed by atoms with Gasteiger partial charge in [-0.2, -0.15) is 5.26 Å². The van der Waals surface area contributed by atoms with Crippen molar-refractivity contribution in [3.63, 3.8) is 0 Å². The highest BCUT2D eigenvalue weighted by molar-refractivity contribution is 8.00. The van der Waals surface area contributed by atoms with E-state index in [0.29, 0.717) is 5.92 Å². The third-order valence-electron chi connectivity index (χ3n) is 2.37. The molecule has 0 spiro atoms. The van der Waals surface area contributed by atoms with Crippen molar-refractivity contribution in [1.82, 2.24) is 0 Å². The molecule has 0 heterocycles. The Kier molecular flexibility index (Phi) is 4.70. The molecule has 0 saturated carbocycles. The molecule has 0 amide bonds. The van der Waals surface area contributed by atoms with Crippen molar-refractivity contribution >= 4 is 11.8 Å². The normalized spacial score (nSPS) is 12.2. The van der Waals surface area contributed by atoms with Crippen LogP contribution in [0, 0.1) is 24.2 Å². The number of methoxy groups -OCH3 is 1. The summed E-state index contributed by atoms with van der Waals surface area (Å²) in [5.74, 6) is 1.22. The number of nitriles is 1. The molecule has 0 fully saturated rings. The summed E-state index contributed by atoms with van der Waals surface area (Å²) < 4.78 is 5.15. The van der Waals surface area contributed by atoms with Gasteiger partial charge >= 0.3 is 0 Å². The molecule has 0 N–H and O–H groups in total. The largest absolute Gasteiger partial charge is 0.497 e. The van der Waals surface area contributed by atoms with Gasteiger partial charge in [-0.05, 0) is 36.6 Å². The molecule has 16 heavy (non-hydrogen) atoms. The van der Waals surface area contributed by atoms with Gasteiger partial charge in [-0.25, -0.2) is 0 Å². The van der Waals surface area contributed by atoms with Crippen molar-refractivity contribution in [1.29, 1.82) is 5.26 Å². The van der Waals surface area contributed by atoms with Crippen LogP contribution in [0.25, 0.3) is 0 Å². The van der Waals surface area contributed by atoms with Crippen LogP contribution in [-0.4, -0.2) is 12.4 Å². The smallest absolute Gasteiger partial charge is 0.119 e. The van der Waals surface area contributed by atoms with Gasteiger partial charge in [0.25, 0.3) is 0 Å². The van der Waals surface area contributed by atoms with E-state index in [1.807, 2.05) is 25.1 Å². The van der Waals surface area contributed by atoms with Gasteiger partial charge < -0.3 is 4.74 Å². The second-order valence-electron chi connectivity index (χ2n) is 4.04. The zero-order valence-corrected chi connectivity index (χ0v) is 11.0. The van der Waals surface area contributed by atoms with Crippen molar-refractivity contribution in [2.24, 2.45) is 5.92 Å². The number of rotatable bonds is 4. The van der Waals surface area contributed by atoms with E-state index in [2.05, 4.69) is 19.9 Å². The first-order valence-electron chi connectivity index (χ1n) is 5.29. The molecule has 0 saturated heterocycles. The molecule has 0 aliphatic rings. The summed E-state index contributed by atoms with van der Waals surface area (Å²) in [6.45, 7) is 6.18. The molecule has 1 unspecified atom stereocenters. The third-order valence-corrected chi connectivity index (χ3v) is 3.98. The van der Waals surface area contributed by atoms with Crippen molar-refractivity contribution in [3.05, 3.63) is 23.8 Å². The number of aryl methyl sites for hydroxylation is 1. The van der Waals surface area contributed by atoms with Gasteiger partial charge in [0.05, 0.1) is 18.4 Å². The SMILES string of the molecule is COc1ccc(SC(C#N)C(C)C)c(C)c1. The number of hydrogen-bond acceptors (Lipinski definition) is 3. The maximum Gasteiger partial charge on any atom is 0.119 e. The summed E-state index contributed by atoms with van der Waals surface area (Å²) in [5.41, 5.74) is 1.16. The molecule has 0 aliphatic heterocycles. The van der Waals surface area contributed by atoms with Crippen LogP contribution in [0.15, 0.2) is 23.1 Å². The quantitative estimate of drug-likeness (QED) is 0.747. The lowest BCUT2D eigenvalue weighted by atomic mass is 10.1. The fourth-order valence-electron chi connectivity index (χ4n) is 1.33. The Morgan fingerprint density at radius 1 is 1.38 bits per heavy atom. The highest BCUT2D eigenvalue weighted by Crippen LogP contribution is 2.31. The van der Waals surface area contributed by atoms with E-state index < -0.39 is 0 Å². The molecule has 1 aromatic rings. The molecule has 86 valence electrons.